The van der Waals surface area contributed by atoms with Crippen molar-refractivity contribution in [2.75, 3.05) is 6.54 Å². The van der Waals surface area contributed by atoms with Gasteiger partial charge in [0.2, 0.25) is 5.91 Å². The standard InChI is InChI=1S/C15H12ClN3O/c1-9(20)19-6-5-14-12(8-19)15(16)11-7-10(17-2)3-4-13(11)18-14/h3-4,7H,5-6,8H2,1H3. The number of amides is 1. The van der Waals surface area contributed by atoms with Gasteiger partial charge >= 0.3 is 0 Å². The molecule has 0 atom stereocenters. The Morgan fingerprint density at radius 1 is 1.50 bits per heavy atom. The molecule has 0 saturated carbocycles. The Balaban J connectivity index is 2.19. The van der Waals surface area contributed by atoms with Crippen molar-refractivity contribution in [3.8, 4) is 0 Å². The fraction of sp³-hybridized carbons (Fsp3) is 0.267. The SMILES string of the molecule is [C-]#[N+]c1ccc2nc3c(c(Cl)c2c1)CN(C(C)=O)CC3. The highest BCUT2D eigenvalue weighted by molar-refractivity contribution is 6.36. The zero-order chi connectivity index (χ0) is 14.3. The van der Waals surface area contributed by atoms with E-state index in [9.17, 15) is 4.79 Å². The highest BCUT2D eigenvalue weighted by Crippen LogP contribution is 2.33. The normalized spacial score (nSPS) is 13.9. The van der Waals surface area contributed by atoms with Crippen molar-refractivity contribution in [1.29, 1.82) is 0 Å². The summed E-state index contributed by atoms with van der Waals surface area (Å²) in [6.07, 6.45) is 0.717. The molecule has 4 nitrogen and oxygen atoms in total. The lowest BCUT2D eigenvalue weighted by Crippen LogP contribution is -2.34. The molecule has 20 heavy (non-hydrogen) atoms. The van der Waals surface area contributed by atoms with E-state index < -0.39 is 0 Å². The third-order valence-electron chi connectivity index (χ3n) is 3.63. The molecule has 1 aromatic carbocycles. The molecule has 1 aliphatic rings. The van der Waals surface area contributed by atoms with Gasteiger partial charge in [0, 0.05) is 43.1 Å². The van der Waals surface area contributed by atoms with Crippen molar-refractivity contribution in [3.05, 3.63) is 45.9 Å². The van der Waals surface area contributed by atoms with E-state index in [1.807, 2.05) is 6.07 Å². The summed E-state index contributed by atoms with van der Waals surface area (Å²) in [6, 6.07) is 5.33. The zero-order valence-corrected chi connectivity index (χ0v) is 11.7. The molecule has 5 heteroatoms. The molecule has 2 heterocycles. The van der Waals surface area contributed by atoms with Gasteiger partial charge in [0.25, 0.3) is 0 Å². The van der Waals surface area contributed by atoms with Gasteiger partial charge < -0.3 is 4.90 Å². The van der Waals surface area contributed by atoms with Crippen LogP contribution in [0.4, 0.5) is 5.69 Å². The first-order chi connectivity index (χ1) is 9.60. The number of hydrogen-bond acceptors (Lipinski definition) is 2. The maximum atomic E-state index is 11.5. The van der Waals surface area contributed by atoms with E-state index in [4.69, 9.17) is 18.2 Å². The van der Waals surface area contributed by atoms with E-state index in [1.54, 1.807) is 24.0 Å². The van der Waals surface area contributed by atoms with Crippen LogP contribution in [0.3, 0.4) is 0 Å². The smallest absolute Gasteiger partial charge is 0.219 e. The summed E-state index contributed by atoms with van der Waals surface area (Å²) in [5.74, 6) is 0.0433. The highest BCUT2D eigenvalue weighted by atomic mass is 35.5. The number of aromatic nitrogens is 1. The molecule has 1 aliphatic heterocycles. The van der Waals surface area contributed by atoms with E-state index in [2.05, 4.69) is 9.83 Å². The fourth-order valence-electron chi connectivity index (χ4n) is 2.52. The average Bonchev–Trinajstić information content (AvgIpc) is 2.47. The van der Waals surface area contributed by atoms with Crippen molar-refractivity contribution in [2.45, 2.75) is 19.9 Å². The van der Waals surface area contributed by atoms with Crippen molar-refractivity contribution in [1.82, 2.24) is 9.88 Å². The van der Waals surface area contributed by atoms with E-state index in [-0.39, 0.29) is 5.91 Å². The third kappa shape index (κ3) is 2.00. The maximum absolute atomic E-state index is 11.5. The second-order valence-corrected chi connectivity index (χ2v) is 5.23. The fourth-order valence-corrected chi connectivity index (χ4v) is 2.84. The van der Waals surface area contributed by atoms with E-state index in [1.165, 1.54) is 0 Å². The Kier molecular flexibility index (Phi) is 3.07. The van der Waals surface area contributed by atoms with Crippen LogP contribution in [0.5, 0.6) is 0 Å². The van der Waals surface area contributed by atoms with Crippen LogP contribution in [-0.2, 0) is 17.8 Å². The number of fused-ring (bicyclic) bond motifs is 2. The van der Waals surface area contributed by atoms with Crippen molar-refractivity contribution in [2.24, 2.45) is 0 Å². The summed E-state index contributed by atoms with van der Waals surface area (Å²) < 4.78 is 0. The number of carbonyl (C=O) groups is 1. The van der Waals surface area contributed by atoms with Crippen LogP contribution < -0.4 is 0 Å². The Morgan fingerprint density at radius 3 is 3.00 bits per heavy atom. The molecule has 0 N–H and O–H groups in total. The van der Waals surface area contributed by atoms with Gasteiger partial charge in [-0.1, -0.05) is 17.7 Å². The second-order valence-electron chi connectivity index (χ2n) is 4.85. The van der Waals surface area contributed by atoms with Gasteiger partial charge in [-0.05, 0) is 12.1 Å². The summed E-state index contributed by atoms with van der Waals surface area (Å²) in [5, 5.41) is 1.39. The van der Waals surface area contributed by atoms with Crippen molar-refractivity contribution in [3.63, 3.8) is 0 Å². The minimum atomic E-state index is 0.0433. The Hall–Kier alpha value is -2.12. The number of benzene rings is 1. The van der Waals surface area contributed by atoms with Crippen LogP contribution >= 0.6 is 11.6 Å². The largest absolute Gasteiger partial charge is 0.338 e. The maximum Gasteiger partial charge on any atom is 0.219 e. The van der Waals surface area contributed by atoms with Gasteiger partial charge in [0.15, 0.2) is 5.69 Å². The highest BCUT2D eigenvalue weighted by Gasteiger charge is 2.23. The quantitative estimate of drug-likeness (QED) is 0.696. The summed E-state index contributed by atoms with van der Waals surface area (Å²) >= 11 is 6.48. The first kappa shape index (κ1) is 12.9. The Morgan fingerprint density at radius 2 is 2.30 bits per heavy atom. The number of halogens is 1. The number of hydrogen-bond donors (Lipinski definition) is 0. The second kappa shape index (κ2) is 4.77. The van der Waals surface area contributed by atoms with Crippen molar-refractivity contribution < 1.29 is 4.79 Å². The molecule has 100 valence electrons. The lowest BCUT2D eigenvalue weighted by atomic mass is 10.0. The minimum absolute atomic E-state index is 0.0433. The number of pyridine rings is 1. The van der Waals surface area contributed by atoms with Gasteiger partial charge in [-0.25, -0.2) is 4.85 Å². The Bertz CT molecular complexity index is 764. The molecular formula is C15H12ClN3O. The molecule has 0 fully saturated rings. The molecule has 0 bridgehead atoms. The average molecular weight is 286 g/mol. The van der Waals surface area contributed by atoms with Crippen LogP contribution in [0.15, 0.2) is 18.2 Å². The molecule has 1 aromatic heterocycles. The summed E-state index contributed by atoms with van der Waals surface area (Å²) in [5.41, 5.74) is 3.20. The van der Waals surface area contributed by atoms with Gasteiger partial charge in [-0.3, -0.25) is 9.78 Å². The molecular weight excluding hydrogens is 274 g/mol. The van der Waals surface area contributed by atoms with Crippen LogP contribution in [0.25, 0.3) is 15.7 Å². The zero-order valence-electron chi connectivity index (χ0n) is 11.0. The topological polar surface area (TPSA) is 37.6 Å². The molecule has 1 amide bonds. The van der Waals surface area contributed by atoms with Gasteiger partial charge in [0.1, 0.15) is 0 Å². The number of carbonyl (C=O) groups excluding carboxylic acids is 1. The minimum Gasteiger partial charge on any atom is -0.338 e. The predicted octanol–water partition coefficient (Wildman–Crippen LogP) is 3.34. The number of nitrogens with zero attached hydrogens (tertiary/aromatic N) is 3. The van der Waals surface area contributed by atoms with Gasteiger partial charge in [-0.2, -0.15) is 0 Å². The van der Waals surface area contributed by atoms with E-state index >= 15 is 0 Å². The predicted molar refractivity (Wildman–Crippen MR) is 77.8 cm³/mol. The molecule has 0 unspecified atom stereocenters. The molecule has 0 spiro atoms. The van der Waals surface area contributed by atoms with Gasteiger partial charge in [-0.15, -0.1) is 0 Å². The first-order valence-electron chi connectivity index (χ1n) is 6.34. The van der Waals surface area contributed by atoms with Crippen LogP contribution in [0, 0.1) is 6.57 Å². The summed E-state index contributed by atoms with van der Waals surface area (Å²) in [7, 11) is 0. The van der Waals surface area contributed by atoms with Crippen molar-refractivity contribution >= 4 is 34.1 Å². The monoisotopic (exact) mass is 285 g/mol. The molecule has 3 rings (SSSR count). The van der Waals surface area contributed by atoms with Gasteiger partial charge in [0.05, 0.1) is 17.1 Å². The van der Waals surface area contributed by atoms with Crippen LogP contribution in [0.2, 0.25) is 5.02 Å². The summed E-state index contributed by atoms with van der Waals surface area (Å²) in [4.78, 5) is 21.3. The molecule has 0 radical (unpaired) electrons. The van der Waals surface area contributed by atoms with Crippen LogP contribution in [-0.4, -0.2) is 22.3 Å². The molecule has 0 aliphatic carbocycles. The molecule has 0 saturated heterocycles. The third-order valence-corrected chi connectivity index (χ3v) is 4.06. The van der Waals surface area contributed by atoms with E-state index in [0.717, 1.165) is 28.6 Å². The summed E-state index contributed by atoms with van der Waals surface area (Å²) in [6.45, 7) is 9.81. The first-order valence-corrected chi connectivity index (χ1v) is 6.72. The Labute approximate surface area is 121 Å². The lowest BCUT2D eigenvalue weighted by Gasteiger charge is -2.28. The van der Waals surface area contributed by atoms with E-state index in [0.29, 0.717) is 23.8 Å². The number of rotatable bonds is 0. The van der Waals surface area contributed by atoms with Crippen LogP contribution in [0.1, 0.15) is 18.2 Å². The lowest BCUT2D eigenvalue weighted by molar-refractivity contribution is -0.129. The molecule has 2 aromatic rings.